The Morgan fingerprint density at radius 3 is 2.86 bits per heavy atom. The third kappa shape index (κ3) is 2.81. The Balaban J connectivity index is 1.33. The normalized spacial score (nSPS) is 25.7. The van der Waals surface area contributed by atoms with Crippen molar-refractivity contribution in [3.8, 4) is 0 Å². The monoisotopic (exact) mass is 380 g/mol. The second kappa shape index (κ2) is 6.61. The molecule has 4 heterocycles. The molecule has 5 rings (SSSR count). The fourth-order valence-corrected chi connectivity index (χ4v) is 5.16. The zero-order chi connectivity index (χ0) is 19.3. The van der Waals surface area contributed by atoms with Gasteiger partial charge in [0, 0.05) is 38.6 Å². The quantitative estimate of drug-likeness (QED) is 0.823. The van der Waals surface area contributed by atoms with Crippen molar-refractivity contribution in [2.45, 2.75) is 45.4 Å². The number of nitrogens with zero attached hydrogens (tertiary/aromatic N) is 4. The molecule has 1 atom stereocenters. The standard InChI is InChI=1S/C22H28N4O2/c1-16-5-3-10-24-14-18(23-19(16)24)20(27)26-12-9-22(15-26)8-4-11-25(21(22)28)13-17-6-2-7-17/h3,5,10,14,17H,2,4,6-9,11-13,15H2,1H3/t22-/m0/s1. The van der Waals surface area contributed by atoms with Crippen molar-refractivity contribution >= 4 is 17.5 Å². The Bertz CT molecular complexity index is 932. The molecule has 1 saturated carbocycles. The van der Waals surface area contributed by atoms with Gasteiger partial charge < -0.3 is 14.2 Å². The highest BCUT2D eigenvalue weighted by Crippen LogP contribution is 2.41. The average molecular weight is 380 g/mol. The summed E-state index contributed by atoms with van der Waals surface area (Å²) in [5.74, 6) is 0.926. The summed E-state index contributed by atoms with van der Waals surface area (Å²) < 4.78 is 1.90. The van der Waals surface area contributed by atoms with E-state index in [1.165, 1.54) is 19.3 Å². The number of likely N-dealkylation sites (tertiary alicyclic amines) is 2. The van der Waals surface area contributed by atoms with E-state index >= 15 is 0 Å². The molecule has 0 unspecified atom stereocenters. The van der Waals surface area contributed by atoms with E-state index in [2.05, 4.69) is 9.88 Å². The third-order valence-electron chi connectivity index (χ3n) is 7.07. The molecule has 2 amide bonds. The number of aromatic nitrogens is 2. The van der Waals surface area contributed by atoms with Gasteiger partial charge in [-0.25, -0.2) is 4.98 Å². The molecule has 3 aliphatic rings. The first-order valence-electron chi connectivity index (χ1n) is 10.6. The van der Waals surface area contributed by atoms with Crippen molar-refractivity contribution in [2.24, 2.45) is 11.3 Å². The van der Waals surface area contributed by atoms with Crippen LogP contribution >= 0.6 is 0 Å². The third-order valence-corrected chi connectivity index (χ3v) is 7.07. The average Bonchev–Trinajstić information content (AvgIpc) is 3.27. The molecule has 28 heavy (non-hydrogen) atoms. The van der Waals surface area contributed by atoms with Gasteiger partial charge in [-0.2, -0.15) is 0 Å². The molecular formula is C22H28N4O2. The van der Waals surface area contributed by atoms with Crippen molar-refractivity contribution in [3.05, 3.63) is 35.8 Å². The van der Waals surface area contributed by atoms with Crippen LogP contribution in [0, 0.1) is 18.3 Å². The first-order valence-corrected chi connectivity index (χ1v) is 10.6. The number of rotatable bonds is 3. The highest BCUT2D eigenvalue weighted by atomic mass is 16.2. The highest BCUT2D eigenvalue weighted by molar-refractivity contribution is 5.94. The molecule has 0 radical (unpaired) electrons. The van der Waals surface area contributed by atoms with Crippen LogP contribution in [0.4, 0.5) is 0 Å². The number of imidazole rings is 1. The number of fused-ring (bicyclic) bond motifs is 1. The topological polar surface area (TPSA) is 57.9 Å². The summed E-state index contributed by atoms with van der Waals surface area (Å²) in [6.07, 6.45) is 10.3. The molecular weight excluding hydrogens is 352 g/mol. The number of hydrogen-bond acceptors (Lipinski definition) is 3. The predicted molar refractivity (Wildman–Crippen MR) is 106 cm³/mol. The molecule has 1 aliphatic carbocycles. The van der Waals surface area contributed by atoms with Crippen LogP contribution in [0.1, 0.15) is 54.6 Å². The van der Waals surface area contributed by atoms with E-state index in [0.717, 1.165) is 43.6 Å². The van der Waals surface area contributed by atoms with Gasteiger partial charge >= 0.3 is 0 Å². The Labute approximate surface area is 165 Å². The minimum Gasteiger partial charge on any atom is -0.342 e. The van der Waals surface area contributed by atoms with Crippen molar-refractivity contribution in [2.75, 3.05) is 26.2 Å². The molecule has 0 bridgehead atoms. The number of carbonyl (C=O) groups is 2. The van der Waals surface area contributed by atoms with Crippen molar-refractivity contribution < 1.29 is 9.59 Å². The molecule has 0 aromatic carbocycles. The molecule has 2 aromatic heterocycles. The lowest BCUT2D eigenvalue weighted by Crippen LogP contribution is -2.52. The van der Waals surface area contributed by atoms with E-state index in [9.17, 15) is 9.59 Å². The lowest BCUT2D eigenvalue weighted by Gasteiger charge is -2.42. The van der Waals surface area contributed by atoms with E-state index in [0.29, 0.717) is 24.7 Å². The van der Waals surface area contributed by atoms with Crippen LogP contribution in [0.5, 0.6) is 0 Å². The van der Waals surface area contributed by atoms with Crippen LogP contribution in [0.15, 0.2) is 24.5 Å². The van der Waals surface area contributed by atoms with Gasteiger partial charge in [0.2, 0.25) is 5.91 Å². The number of aryl methyl sites for hydroxylation is 1. The summed E-state index contributed by atoms with van der Waals surface area (Å²) in [5.41, 5.74) is 1.97. The van der Waals surface area contributed by atoms with Crippen LogP contribution in [-0.4, -0.2) is 57.2 Å². The van der Waals surface area contributed by atoms with Crippen LogP contribution in [-0.2, 0) is 4.79 Å². The Morgan fingerprint density at radius 1 is 1.25 bits per heavy atom. The molecule has 2 aliphatic heterocycles. The van der Waals surface area contributed by atoms with Crippen LogP contribution in [0.3, 0.4) is 0 Å². The Kier molecular flexibility index (Phi) is 4.18. The summed E-state index contributed by atoms with van der Waals surface area (Å²) in [5, 5.41) is 0. The maximum Gasteiger partial charge on any atom is 0.274 e. The maximum atomic E-state index is 13.3. The Hall–Kier alpha value is -2.37. The van der Waals surface area contributed by atoms with Gasteiger partial charge in [-0.05, 0) is 56.6 Å². The fourth-order valence-electron chi connectivity index (χ4n) is 5.16. The van der Waals surface area contributed by atoms with E-state index in [1.807, 2.05) is 34.6 Å². The zero-order valence-electron chi connectivity index (χ0n) is 16.6. The molecule has 2 saturated heterocycles. The number of hydrogen-bond donors (Lipinski definition) is 0. The van der Waals surface area contributed by atoms with Gasteiger partial charge in [-0.1, -0.05) is 12.5 Å². The van der Waals surface area contributed by atoms with Gasteiger partial charge in [0.05, 0.1) is 5.41 Å². The summed E-state index contributed by atoms with van der Waals surface area (Å²) in [6, 6.07) is 3.96. The molecule has 1 spiro atoms. The molecule has 3 fully saturated rings. The minimum absolute atomic E-state index is 0.0520. The van der Waals surface area contributed by atoms with Crippen LogP contribution in [0.25, 0.3) is 5.65 Å². The predicted octanol–water partition coefficient (Wildman–Crippen LogP) is 2.90. The molecule has 6 heteroatoms. The number of amides is 2. The number of carbonyl (C=O) groups excluding carboxylic acids is 2. The van der Waals surface area contributed by atoms with Gasteiger partial charge in [0.25, 0.3) is 5.91 Å². The summed E-state index contributed by atoms with van der Waals surface area (Å²) >= 11 is 0. The minimum atomic E-state index is -0.368. The second-order valence-electron chi connectivity index (χ2n) is 8.96. The number of pyridine rings is 1. The number of piperidine rings is 1. The van der Waals surface area contributed by atoms with Crippen LogP contribution < -0.4 is 0 Å². The first-order chi connectivity index (χ1) is 13.6. The summed E-state index contributed by atoms with van der Waals surface area (Å²) in [4.78, 5) is 34.9. The lowest BCUT2D eigenvalue weighted by molar-refractivity contribution is -0.146. The molecule has 0 N–H and O–H groups in total. The SMILES string of the molecule is Cc1cccn2cc(C(=O)N3CC[C@@]4(CCCN(CC5CCC5)C4=O)C3)nc12. The van der Waals surface area contributed by atoms with Gasteiger partial charge in [-0.15, -0.1) is 0 Å². The Morgan fingerprint density at radius 2 is 2.11 bits per heavy atom. The van der Waals surface area contributed by atoms with Crippen LogP contribution in [0.2, 0.25) is 0 Å². The van der Waals surface area contributed by atoms with Crippen molar-refractivity contribution in [3.63, 3.8) is 0 Å². The fraction of sp³-hybridized carbons (Fsp3) is 0.591. The second-order valence-corrected chi connectivity index (χ2v) is 8.96. The molecule has 6 nitrogen and oxygen atoms in total. The van der Waals surface area contributed by atoms with Crippen molar-refractivity contribution in [1.29, 1.82) is 0 Å². The maximum absolute atomic E-state index is 13.3. The smallest absolute Gasteiger partial charge is 0.274 e. The summed E-state index contributed by atoms with van der Waals surface area (Å²) in [6.45, 7) is 4.99. The lowest BCUT2D eigenvalue weighted by atomic mass is 9.77. The zero-order valence-corrected chi connectivity index (χ0v) is 16.6. The largest absolute Gasteiger partial charge is 0.342 e. The van der Waals surface area contributed by atoms with E-state index < -0.39 is 0 Å². The summed E-state index contributed by atoms with van der Waals surface area (Å²) in [7, 11) is 0. The highest BCUT2D eigenvalue weighted by Gasteiger charge is 2.50. The van der Waals surface area contributed by atoms with Gasteiger partial charge in [0.15, 0.2) is 0 Å². The van der Waals surface area contributed by atoms with E-state index in [-0.39, 0.29) is 17.2 Å². The molecule has 148 valence electrons. The van der Waals surface area contributed by atoms with Gasteiger partial charge in [0.1, 0.15) is 11.3 Å². The van der Waals surface area contributed by atoms with Gasteiger partial charge in [-0.3, -0.25) is 9.59 Å². The first kappa shape index (κ1) is 17.7. The van der Waals surface area contributed by atoms with E-state index in [4.69, 9.17) is 0 Å². The van der Waals surface area contributed by atoms with E-state index in [1.54, 1.807) is 6.20 Å². The molecule has 2 aromatic rings. The van der Waals surface area contributed by atoms with Crippen molar-refractivity contribution in [1.82, 2.24) is 19.2 Å².